The highest BCUT2D eigenvalue weighted by Crippen LogP contribution is 2.45. The summed E-state index contributed by atoms with van der Waals surface area (Å²) in [6.45, 7) is 12.2. The van der Waals surface area contributed by atoms with Crippen LogP contribution in [0.3, 0.4) is 0 Å². The third kappa shape index (κ3) is 5.55. The molecule has 0 amide bonds. The fourth-order valence-corrected chi connectivity index (χ4v) is 4.40. The second-order valence-electron chi connectivity index (χ2n) is 10.7. The van der Waals surface area contributed by atoms with Crippen molar-refractivity contribution in [3.63, 3.8) is 0 Å². The van der Waals surface area contributed by atoms with E-state index in [4.69, 9.17) is 4.74 Å². The minimum absolute atomic E-state index is 0.120. The molecule has 0 spiro atoms. The van der Waals surface area contributed by atoms with Crippen LogP contribution in [0.1, 0.15) is 70.5 Å². The van der Waals surface area contributed by atoms with Crippen LogP contribution in [-0.4, -0.2) is 39.9 Å². The molecule has 8 heteroatoms. The number of piperidine rings is 1. The molecule has 1 atom stereocenters. The molecule has 1 unspecified atom stereocenters. The summed E-state index contributed by atoms with van der Waals surface area (Å²) < 4.78 is 34.0. The van der Waals surface area contributed by atoms with E-state index in [1.54, 1.807) is 27.7 Å². The van der Waals surface area contributed by atoms with Crippen LogP contribution in [-0.2, 0) is 16.1 Å². The Hall–Kier alpha value is -2.58. The van der Waals surface area contributed by atoms with Crippen LogP contribution >= 0.6 is 0 Å². The van der Waals surface area contributed by atoms with Gasteiger partial charge in [-0.05, 0) is 63.6 Å². The number of pyridine rings is 1. The molecule has 1 aromatic heterocycles. The lowest BCUT2D eigenvalue weighted by molar-refractivity contribution is -0.160. The smallest absolute Gasteiger partial charge is 0.337 e. The van der Waals surface area contributed by atoms with E-state index in [0.29, 0.717) is 41.2 Å². The Balaban J connectivity index is 2.36. The molecule has 0 bridgehead atoms. The molecule has 1 aromatic carbocycles. The summed E-state index contributed by atoms with van der Waals surface area (Å²) in [6.07, 6.45) is 0.378. The molecule has 186 valence electrons. The van der Waals surface area contributed by atoms with E-state index in [1.807, 2.05) is 0 Å². The number of aromatic nitrogens is 1. The van der Waals surface area contributed by atoms with Crippen molar-refractivity contribution >= 4 is 11.7 Å². The number of aryl methyl sites for hydroxylation is 1. The quantitative estimate of drug-likeness (QED) is 0.581. The minimum Gasteiger partial charge on any atom is -0.479 e. The summed E-state index contributed by atoms with van der Waals surface area (Å²) in [4.78, 5) is 19.0. The van der Waals surface area contributed by atoms with E-state index < -0.39 is 35.9 Å². The van der Waals surface area contributed by atoms with E-state index in [-0.39, 0.29) is 11.1 Å². The van der Waals surface area contributed by atoms with Crippen LogP contribution in [0, 0.1) is 24.0 Å². The summed E-state index contributed by atoms with van der Waals surface area (Å²) in [5.74, 6) is -3.20. The summed E-state index contributed by atoms with van der Waals surface area (Å²) in [5, 5.41) is 20.3. The first-order chi connectivity index (χ1) is 15.7. The number of anilines is 1. The second kappa shape index (κ2) is 9.58. The van der Waals surface area contributed by atoms with Crippen molar-refractivity contribution in [3.8, 4) is 11.1 Å². The highest BCUT2D eigenvalue weighted by atomic mass is 19.2. The van der Waals surface area contributed by atoms with Crippen molar-refractivity contribution in [2.75, 3.05) is 18.0 Å². The number of benzene rings is 1. The Morgan fingerprint density at radius 2 is 1.82 bits per heavy atom. The fraction of sp³-hybridized carbons (Fsp3) is 0.538. The SMILES string of the molecule is Cc1nc(CO)c(-c2ccc(F)c(F)c2)c(N2CCC(C)(C)CC2)c1C(OC(C)(C)C)C(=O)O. The molecule has 3 rings (SSSR count). The van der Waals surface area contributed by atoms with Crippen molar-refractivity contribution in [1.29, 1.82) is 0 Å². The Morgan fingerprint density at radius 3 is 2.32 bits per heavy atom. The third-order valence-corrected chi connectivity index (χ3v) is 6.22. The molecule has 34 heavy (non-hydrogen) atoms. The van der Waals surface area contributed by atoms with Gasteiger partial charge >= 0.3 is 5.97 Å². The van der Waals surface area contributed by atoms with Crippen LogP contribution < -0.4 is 4.90 Å². The number of nitrogens with zero attached hydrogens (tertiary/aromatic N) is 2. The highest BCUT2D eigenvalue weighted by molar-refractivity contribution is 5.88. The Bertz CT molecular complexity index is 1070. The van der Waals surface area contributed by atoms with Crippen LogP contribution in [0.5, 0.6) is 0 Å². The van der Waals surface area contributed by atoms with E-state index in [9.17, 15) is 23.8 Å². The number of rotatable bonds is 6. The molecule has 1 aliphatic rings. The summed E-state index contributed by atoms with van der Waals surface area (Å²) >= 11 is 0. The predicted octanol–water partition coefficient (Wildman–Crippen LogP) is 5.39. The standard InChI is InChI=1S/C26H34F2N2O4/c1-15-20(23(24(32)33)34-25(2,3)4)22(30-11-9-26(5,6)10-12-30)21(19(14-31)29-15)16-7-8-17(27)18(28)13-16/h7-8,13,23,31H,9-12,14H2,1-6H3,(H,32,33). The Kier molecular flexibility index (Phi) is 7.34. The first kappa shape index (κ1) is 26.0. The van der Waals surface area contributed by atoms with Gasteiger partial charge in [0.15, 0.2) is 17.7 Å². The number of hydrogen-bond acceptors (Lipinski definition) is 5. The average Bonchev–Trinajstić information content (AvgIpc) is 2.73. The lowest BCUT2D eigenvalue weighted by Crippen LogP contribution is -2.39. The van der Waals surface area contributed by atoms with Gasteiger partial charge in [-0.25, -0.2) is 13.6 Å². The van der Waals surface area contributed by atoms with E-state index in [2.05, 4.69) is 23.7 Å². The van der Waals surface area contributed by atoms with Gasteiger partial charge in [0.2, 0.25) is 0 Å². The van der Waals surface area contributed by atoms with Gasteiger partial charge in [-0.1, -0.05) is 19.9 Å². The summed E-state index contributed by atoms with van der Waals surface area (Å²) in [5.41, 5.74) is 1.64. The maximum atomic E-state index is 14.3. The largest absolute Gasteiger partial charge is 0.479 e. The van der Waals surface area contributed by atoms with Crippen molar-refractivity contribution in [2.24, 2.45) is 5.41 Å². The number of halogens is 2. The van der Waals surface area contributed by atoms with Crippen LogP contribution in [0.15, 0.2) is 18.2 Å². The molecule has 2 N–H and O–H groups in total. The summed E-state index contributed by atoms with van der Waals surface area (Å²) in [6, 6.07) is 3.50. The van der Waals surface area contributed by atoms with Crippen LogP contribution in [0.25, 0.3) is 11.1 Å². The zero-order chi connectivity index (χ0) is 25.4. The number of carboxylic acid groups (broad SMARTS) is 1. The first-order valence-electron chi connectivity index (χ1n) is 11.5. The molecule has 2 heterocycles. The third-order valence-electron chi connectivity index (χ3n) is 6.22. The van der Waals surface area contributed by atoms with E-state index >= 15 is 0 Å². The van der Waals surface area contributed by atoms with Gasteiger partial charge in [0, 0.05) is 29.9 Å². The maximum absolute atomic E-state index is 14.3. The van der Waals surface area contributed by atoms with Gasteiger partial charge in [0.25, 0.3) is 0 Å². The topological polar surface area (TPSA) is 82.9 Å². The normalized spacial score (nSPS) is 17.0. The number of aliphatic carboxylic acids is 1. The minimum atomic E-state index is -1.34. The monoisotopic (exact) mass is 476 g/mol. The number of hydrogen-bond donors (Lipinski definition) is 2. The number of ether oxygens (including phenoxy) is 1. The van der Waals surface area contributed by atoms with E-state index in [0.717, 1.165) is 25.0 Å². The highest BCUT2D eigenvalue weighted by Gasteiger charge is 2.37. The molecule has 1 aliphatic heterocycles. The van der Waals surface area contributed by atoms with Gasteiger partial charge in [0.05, 0.1) is 23.6 Å². The lowest BCUT2D eigenvalue weighted by atomic mass is 9.81. The number of aliphatic hydroxyl groups excluding tert-OH is 1. The maximum Gasteiger partial charge on any atom is 0.337 e. The molecule has 0 aliphatic carbocycles. The van der Waals surface area contributed by atoms with Gasteiger partial charge in [-0.3, -0.25) is 4.98 Å². The molecule has 0 saturated carbocycles. The molecule has 2 aromatic rings. The molecule has 6 nitrogen and oxygen atoms in total. The summed E-state index contributed by atoms with van der Waals surface area (Å²) in [7, 11) is 0. The molecule has 1 saturated heterocycles. The van der Waals surface area contributed by atoms with Crippen molar-refractivity contribution < 1.29 is 28.5 Å². The number of aliphatic hydroxyl groups is 1. The predicted molar refractivity (Wildman–Crippen MR) is 127 cm³/mol. The van der Waals surface area contributed by atoms with Crippen molar-refractivity contribution in [3.05, 3.63) is 46.8 Å². The Morgan fingerprint density at radius 1 is 1.21 bits per heavy atom. The van der Waals surface area contributed by atoms with Crippen LogP contribution in [0.2, 0.25) is 0 Å². The molecule has 0 radical (unpaired) electrons. The zero-order valence-corrected chi connectivity index (χ0v) is 20.7. The van der Waals surface area contributed by atoms with Gasteiger partial charge < -0.3 is 19.8 Å². The fourth-order valence-electron chi connectivity index (χ4n) is 4.40. The van der Waals surface area contributed by atoms with Crippen LogP contribution in [0.4, 0.5) is 14.5 Å². The lowest BCUT2D eigenvalue weighted by Gasteiger charge is -2.41. The van der Waals surface area contributed by atoms with Gasteiger partial charge in [-0.15, -0.1) is 0 Å². The number of carbonyl (C=O) groups is 1. The van der Waals surface area contributed by atoms with Gasteiger partial charge in [0.1, 0.15) is 0 Å². The molecule has 1 fully saturated rings. The van der Waals surface area contributed by atoms with Gasteiger partial charge in [-0.2, -0.15) is 0 Å². The van der Waals surface area contributed by atoms with Crippen molar-refractivity contribution in [2.45, 2.75) is 72.7 Å². The Labute approximate surface area is 199 Å². The zero-order valence-electron chi connectivity index (χ0n) is 20.7. The average molecular weight is 477 g/mol. The second-order valence-corrected chi connectivity index (χ2v) is 10.7. The number of carboxylic acids is 1. The first-order valence-corrected chi connectivity index (χ1v) is 11.5. The van der Waals surface area contributed by atoms with E-state index in [1.165, 1.54) is 6.07 Å². The molecular formula is C26H34F2N2O4. The van der Waals surface area contributed by atoms with Crippen molar-refractivity contribution in [1.82, 2.24) is 4.98 Å². The molecular weight excluding hydrogens is 442 g/mol.